The molecule has 1 aromatic rings. The van der Waals surface area contributed by atoms with E-state index in [2.05, 4.69) is 10.1 Å². The van der Waals surface area contributed by atoms with Gasteiger partial charge in [-0.2, -0.15) is 0 Å². The number of halogens is 2. The molecule has 20 heavy (non-hydrogen) atoms. The number of benzene rings is 1. The first-order valence-electron chi connectivity index (χ1n) is 6.04. The van der Waals surface area contributed by atoms with E-state index >= 15 is 0 Å². The van der Waals surface area contributed by atoms with Gasteiger partial charge in [0.25, 0.3) is 6.43 Å². The molecule has 0 atom stereocenters. The molecule has 0 aromatic heterocycles. The fourth-order valence-corrected chi connectivity index (χ4v) is 1.58. The van der Waals surface area contributed by atoms with Crippen LogP contribution < -0.4 is 11.1 Å². The number of ether oxygens (including phenoxy) is 1. The average Bonchev–Trinajstić information content (AvgIpc) is 2.38. The van der Waals surface area contributed by atoms with E-state index in [9.17, 15) is 13.6 Å². The summed E-state index contributed by atoms with van der Waals surface area (Å²) in [6.07, 6.45) is -1.87. The minimum Gasteiger partial charge on any atom is -0.389 e. The van der Waals surface area contributed by atoms with Crippen LogP contribution in [0.5, 0.6) is 0 Å². The number of carbonyl (C=O) groups excluding carboxylic acids is 1. The largest absolute Gasteiger partial charge is 0.389 e. The highest BCUT2D eigenvalue weighted by molar-refractivity contribution is 7.80. The number of alkyl halides is 2. The Balaban J connectivity index is 2.26. The van der Waals surface area contributed by atoms with Crippen molar-refractivity contribution in [3.05, 3.63) is 29.8 Å². The van der Waals surface area contributed by atoms with Crippen LogP contribution in [0.4, 0.5) is 14.5 Å². The molecular weight excluding hydrogens is 286 g/mol. The zero-order chi connectivity index (χ0) is 15.0. The van der Waals surface area contributed by atoms with Gasteiger partial charge in [0.1, 0.15) is 11.6 Å². The summed E-state index contributed by atoms with van der Waals surface area (Å²) in [5, 5.41) is 2.68. The lowest BCUT2D eigenvalue weighted by atomic mass is 10.2. The Kier molecular flexibility index (Phi) is 7.03. The van der Waals surface area contributed by atoms with Crippen molar-refractivity contribution in [2.45, 2.75) is 19.3 Å². The highest BCUT2D eigenvalue weighted by atomic mass is 32.1. The van der Waals surface area contributed by atoms with Gasteiger partial charge in [-0.15, -0.1) is 0 Å². The van der Waals surface area contributed by atoms with Crippen LogP contribution >= 0.6 is 12.2 Å². The number of thiocarbonyl (C=S) groups is 1. The standard InChI is InChI=1S/C13H16F2N2O2S/c14-11(15)8-19-7-1-2-12(18)17-10-5-3-9(4-6-10)13(16)20/h3-6,11H,1-2,7-8H2,(H2,16,20)(H,17,18). The summed E-state index contributed by atoms with van der Waals surface area (Å²) in [4.78, 5) is 11.9. The molecule has 0 saturated heterocycles. The minimum atomic E-state index is -2.48. The van der Waals surface area contributed by atoms with Gasteiger partial charge in [0.2, 0.25) is 5.91 Å². The molecule has 1 rings (SSSR count). The van der Waals surface area contributed by atoms with Gasteiger partial charge < -0.3 is 15.8 Å². The maximum absolute atomic E-state index is 11.8. The van der Waals surface area contributed by atoms with Crippen LogP contribution in [0.15, 0.2) is 24.3 Å². The second-order valence-electron chi connectivity index (χ2n) is 4.06. The second-order valence-corrected chi connectivity index (χ2v) is 4.50. The molecule has 0 heterocycles. The first-order chi connectivity index (χ1) is 9.49. The van der Waals surface area contributed by atoms with Crippen LogP contribution in [0.1, 0.15) is 18.4 Å². The molecule has 0 spiro atoms. The van der Waals surface area contributed by atoms with Crippen LogP contribution in [0.3, 0.4) is 0 Å². The van der Waals surface area contributed by atoms with Gasteiger partial charge in [-0.1, -0.05) is 12.2 Å². The second kappa shape index (κ2) is 8.55. The lowest BCUT2D eigenvalue weighted by Gasteiger charge is -2.06. The number of hydrogen-bond acceptors (Lipinski definition) is 3. The number of hydrogen-bond donors (Lipinski definition) is 2. The van der Waals surface area contributed by atoms with Crippen molar-refractivity contribution in [1.29, 1.82) is 0 Å². The van der Waals surface area contributed by atoms with Gasteiger partial charge in [0.05, 0.1) is 0 Å². The summed E-state index contributed by atoms with van der Waals surface area (Å²) in [5.74, 6) is -0.200. The Hall–Kier alpha value is -1.60. The highest BCUT2D eigenvalue weighted by Gasteiger charge is 2.05. The van der Waals surface area contributed by atoms with Gasteiger partial charge in [-0.3, -0.25) is 4.79 Å². The molecule has 0 aliphatic carbocycles. The van der Waals surface area contributed by atoms with Crippen molar-refractivity contribution >= 4 is 28.8 Å². The Morgan fingerprint density at radius 2 is 2.00 bits per heavy atom. The maximum atomic E-state index is 11.8. The molecule has 110 valence electrons. The minimum absolute atomic E-state index is 0.137. The van der Waals surface area contributed by atoms with E-state index < -0.39 is 13.0 Å². The molecule has 3 N–H and O–H groups in total. The van der Waals surface area contributed by atoms with Crippen LogP contribution in [0.2, 0.25) is 0 Å². The number of nitrogens with two attached hydrogens (primary N) is 1. The van der Waals surface area contributed by atoms with E-state index in [1.54, 1.807) is 24.3 Å². The summed E-state index contributed by atoms with van der Waals surface area (Å²) < 4.78 is 28.2. The fraction of sp³-hybridized carbons (Fsp3) is 0.385. The maximum Gasteiger partial charge on any atom is 0.261 e. The molecule has 0 radical (unpaired) electrons. The van der Waals surface area contributed by atoms with E-state index in [0.29, 0.717) is 17.1 Å². The molecule has 4 nitrogen and oxygen atoms in total. The normalized spacial score (nSPS) is 10.6. The van der Waals surface area contributed by atoms with E-state index in [4.69, 9.17) is 18.0 Å². The topological polar surface area (TPSA) is 64.3 Å². The summed E-state index contributed by atoms with van der Waals surface area (Å²) in [6, 6.07) is 6.81. The molecule has 7 heteroatoms. The predicted octanol–water partition coefficient (Wildman–Crippen LogP) is 2.32. The van der Waals surface area contributed by atoms with Gasteiger partial charge in [0, 0.05) is 24.3 Å². The van der Waals surface area contributed by atoms with E-state index in [1.165, 1.54) is 0 Å². The van der Waals surface area contributed by atoms with Crippen molar-refractivity contribution in [2.24, 2.45) is 5.73 Å². The summed E-state index contributed by atoms with van der Waals surface area (Å²) in [5.41, 5.74) is 6.81. The Labute approximate surface area is 121 Å². The monoisotopic (exact) mass is 302 g/mol. The van der Waals surface area contributed by atoms with Gasteiger partial charge in [-0.25, -0.2) is 8.78 Å². The van der Waals surface area contributed by atoms with Gasteiger partial charge in [-0.05, 0) is 30.7 Å². The van der Waals surface area contributed by atoms with Gasteiger partial charge >= 0.3 is 0 Å². The average molecular weight is 302 g/mol. The third kappa shape index (κ3) is 6.53. The van der Waals surface area contributed by atoms with Crippen LogP contribution in [-0.2, 0) is 9.53 Å². The SMILES string of the molecule is NC(=S)c1ccc(NC(=O)CCCOCC(F)F)cc1. The van der Waals surface area contributed by atoms with E-state index in [-0.39, 0.29) is 18.9 Å². The molecule has 0 bridgehead atoms. The number of rotatable bonds is 8. The lowest BCUT2D eigenvalue weighted by Crippen LogP contribution is -2.14. The van der Waals surface area contributed by atoms with E-state index in [1.807, 2.05) is 0 Å². The number of carbonyl (C=O) groups is 1. The molecule has 1 amide bonds. The van der Waals surface area contributed by atoms with Crippen molar-refractivity contribution in [2.75, 3.05) is 18.5 Å². The molecule has 0 aliphatic rings. The van der Waals surface area contributed by atoms with Crippen LogP contribution in [-0.4, -0.2) is 30.5 Å². The van der Waals surface area contributed by atoms with Crippen molar-refractivity contribution in [3.63, 3.8) is 0 Å². The van der Waals surface area contributed by atoms with Crippen LogP contribution in [0, 0.1) is 0 Å². The molecule has 0 aliphatic heterocycles. The third-order valence-corrected chi connectivity index (χ3v) is 2.63. The molecule has 0 fully saturated rings. The first-order valence-corrected chi connectivity index (χ1v) is 6.45. The predicted molar refractivity (Wildman–Crippen MR) is 77.0 cm³/mol. The highest BCUT2D eigenvalue weighted by Crippen LogP contribution is 2.10. The molecular formula is C13H16F2N2O2S. The quantitative estimate of drug-likeness (QED) is 0.571. The summed E-state index contributed by atoms with van der Waals surface area (Å²) >= 11 is 4.82. The lowest BCUT2D eigenvalue weighted by molar-refractivity contribution is -0.116. The number of anilines is 1. The Morgan fingerprint density at radius 3 is 2.55 bits per heavy atom. The molecule has 0 saturated carbocycles. The van der Waals surface area contributed by atoms with E-state index in [0.717, 1.165) is 5.56 Å². The third-order valence-electron chi connectivity index (χ3n) is 2.39. The fourth-order valence-electron chi connectivity index (χ4n) is 1.45. The zero-order valence-corrected chi connectivity index (χ0v) is 11.6. The van der Waals surface area contributed by atoms with Gasteiger partial charge in [0.15, 0.2) is 0 Å². The Morgan fingerprint density at radius 1 is 1.35 bits per heavy atom. The Bertz CT molecular complexity index is 452. The zero-order valence-electron chi connectivity index (χ0n) is 10.8. The van der Waals surface area contributed by atoms with Crippen molar-refractivity contribution in [1.82, 2.24) is 0 Å². The smallest absolute Gasteiger partial charge is 0.261 e. The number of amides is 1. The summed E-state index contributed by atoms with van der Waals surface area (Å²) in [6.45, 7) is -0.458. The first kappa shape index (κ1) is 16.5. The van der Waals surface area contributed by atoms with Crippen molar-refractivity contribution < 1.29 is 18.3 Å². The number of nitrogens with one attached hydrogen (secondary N) is 1. The van der Waals surface area contributed by atoms with Crippen LogP contribution in [0.25, 0.3) is 0 Å². The molecule has 0 unspecified atom stereocenters. The molecule has 1 aromatic carbocycles. The summed E-state index contributed by atoms with van der Waals surface area (Å²) in [7, 11) is 0. The van der Waals surface area contributed by atoms with Crippen molar-refractivity contribution in [3.8, 4) is 0 Å².